The fourth-order valence-corrected chi connectivity index (χ4v) is 2.91. The van der Waals surface area contributed by atoms with Gasteiger partial charge >= 0.3 is 0 Å². The van der Waals surface area contributed by atoms with E-state index in [4.69, 9.17) is 11.0 Å². The average molecular weight is 338 g/mol. The van der Waals surface area contributed by atoms with Gasteiger partial charge in [-0.1, -0.05) is 18.2 Å². The maximum Gasteiger partial charge on any atom is 0.261 e. The number of nitriles is 1. The molecule has 0 bridgehead atoms. The monoisotopic (exact) mass is 337 g/mol. The van der Waals surface area contributed by atoms with Gasteiger partial charge in [0.05, 0.1) is 16.5 Å². The van der Waals surface area contributed by atoms with Crippen molar-refractivity contribution < 1.29 is 8.42 Å². The van der Waals surface area contributed by atoms with Crippen molar-refractivity contribution in [1.29, 1.82) is 5.26 Å². The zero-order valence-electron chi connectivity index (χ0n) is 11.9. The molecule has 1 unspecified atom stereocenters. The second-order valence-corrected chi connectivity index (χ2v) is 6.34. The van der Waals surface area contributed by atoms with Gasteiger partial charge in [-0.3, -0.25) is 4.72 Å². The van der Waals surface area contributed by atoms with Gasteiger partial charge in [0.25, 0.3) is 10.0 Å². The van der Waals surface area contributed by atoms with E-state index in [-0.39, 0.29) is 23.3 Å². The van der Waals surface area contributed by atoms with Crippen LogP contribution in [0.5, 0.6) is 0 Å². The molecule has 0 amide bonds. The Labute approximate surface area is 136 Å². The van der Waals surface area contributed by atoms with E-state index in [0.29, 0.717) is 11.3 Å². The SMILES string of the molecule is CC(N)c1ccc(NS(=O)(=O)c2cccc(C#N)c2)cc1.Cl. The first-order chi connectivity index (χ1) is 9.92. The van der Waals surface area contributed by atoms with Crippen molar-refractivity contribution in [3.63, 3.8) is 0 Å². The molecule has 0 aliphatic carbocycles. The molecule has 5 nitrogen and oxygen atoms in total. The first-order valence-electron chi connectivity index (χ1n) is 6.31. The molecule has 0 aliphatic rings. The first-order valence-corrected chi connectivity index (χ1v) is 7.79. The molecular formula is C15H16ClN3O2S. The molecule has 7 heteroatoms. The number of hydrogen-bond acceptors (Lipinski definition) is 4. The van der Waals surface area contributed by atoms with Crippen LogP contribution in [0.25, 0.3) is 0 Å². The molecule has 2 aromatic rings. The number of halogens is 1. The quantitative estimate of drug-likeness (QED) is 0.896. The molecule has 0 fully saturated rings. The number of nitrogens with one attached hydrogen (secondary N) is 1. The highest BCUT2D eigenvalue weighted by atomic mass is 35.5. The number of nitrogens with two attached hydrogens (primary N) is 1. The Balaban J connectivity index is 0.00000242. The summed E-state index contributed by atoms with van der Waals surface area (Å²) < 4.78 is 27.0. The highest BCUT2D eigenvalue weighted by Crippen LogP contribution is 2.19. The standard InChI is InChI=1S/C15H15N3O2S.ClH/c1-11(17)13-5-7-14(8-6-13)18-21(19,20)15-4-2-3-12(9-15)10-16;/h2-9,11,18H,17H2,1H3;1H. The van der Waals surface area contributed by atoms with Crippen LogP contribution in [0.4, 0.5) is 5.69 Å². The van der Waals surface area contributed by atoms with E-state index in [1.165, 1.54) is 18.2 Å². The maximum atomic E-state index is 12.2. The Morgan fingerprint density at radius 3 is 2.36 bits per heavy atom. The van der Waals surface area contributed by atoms with Crippen molar-refractivity contribution in [2.75, 3.05) is 4.72 Å². The lowest BCUT2D eigenvalue weighted by Gasteiger charge is -2.10. The number of rotatable bonds is 4. The zero-order valence-corrected chi connectivity index (χ0v) is 13.5. The van der Waals surface area contributed by atoms with Gasteiger partial charge in [-0.25, -0.2) is 8.42 Å². The van der Waals surface area contributed by atoms with Crippen LogP contribution in [0.3, 0.4) is 0 Å². The number of nitrogens with zero attached hydrogens (tertiary/aromatic N) is 1. The van der Waals surface area contributed by atoms with Gasteiger partial charge in [0, 0.05) is 11.7 Å². The Hall–Kier alpha value is -2.07. The molecule has 0 aliphatic heterocycles. The normalized spacial score (nSPS) is 11.9. The van der Waals surface area contributed by atoms with E-state index >= 15 is 0 Å². The second-order valence-electron chi connectivity index (χ2n) is 4.66. The van der Waals surface area contributed by atoms with Crippen molar-refractivity contribution in [3.8, 4) is 6.07 Å². The minimum atomic E-state index is -3.71. The summed E-state index contributed by atoms with van der Waals surface area (Å²) in [6.07, 6.45) is 0. The van der Waals surface area contributed by atoms with E-state index < -0.39 is 10.0 Å². The summed E-state index contributed by atoms with van der Waals surface area (Å²) >= 11 is 0. The van der Waals surface area contributed by atoms with Crippen molar-refractivity contribution in [2.45, 2.75) is 17.9 Å². The van der Waals surface area contributed by atoms with Crippen LogP contribution in [0.2, 0.25) is 0 Å². The second kappa shape index (κ2) is 7.27. The molecule has 2 rings (SSSR count). The molecule has 1 atom stereocenters. The summed E-state index contributed by atoms with van der Waals surface area (Å²) in [6.45, 7) is 1.85. The predicted octanol–water partition coefficient (Wildman–Crippen LogP) is 2.80. The van der Waals surface area contributed by atoms with Gasteiger partial charge in [-0.05, 0) is 42.8 Å². The Kier molecular flexibility index (Phi) is 5.94. The summed E-state index contributed by atoms with van der Waals surface area (Å²) in [4.78, 5) is 0.0535. The molecule has 0 heterocycles. The van der Waals surface area contributed by atoms with Gasteiger partial charge in [0.1, 0.15) is 0 Å². The van der Waals surface area contributed by atoms with E-state index in [1.807, 2.05) is 13.0 Å². The Morgan fingerprint density at radius 1 is 1.18 bits per heavy atom. The van der Waals surface area contributed by atoms with Gasteiger partial charge in [0.15, 0.2) is 0 Å². The number of anilines is 1. The third-order valence-electron chi connectivity index (χ3n) is 2.96. The van der Waals surface area contributed by atoms with Crippen LogP contribution in [-0.4, -0.2) is 8.42 Å². The van der Waals surface area contributed by atoms with Crippen LogP contribution >= 0.6 is 12.4 Å². The molecule has 3 N–H and O–H groups in total. The molecule has 0 aromatic heterocycles. The zero-order chi connectivity index (χ0) is 15.5. The van der Waals surface area contributed by atoms with Gasteiger partial charge < -0.3 is 5.73 Å². The highest BCUT2D eigenvalue weighted by Gasteiger charge is 2.14. The van der Waals surface area contributed by atoms with E-state index in [0.717, 1.165) is 5.56 Å². The molecular weight excluding hydrogens is 322 g/mol. The van der Waals surface area contributed by atoms with E-state index in [9.17, 15) is 8.42 Å². The molecule has 0 saturated carbocycles. The fraction of sp³-hybridized carbons (Fsp3) is 0.133. The van der Waals surface area contributed by atoms with Crippen molar-refractivity contribution in [3.05, 3.63) is 59.7 Å². The number of sulfonamides is 1. The predicted molar refractivity (Wildman–Crippen MR) is 88.3 cm³/mol. The van der Waals surface area contributed by atoms with E-state index in [2.05, 4.69) is 4.72 Å². The summed E-state index contributed by atoms with van der Waals surface area (Å²) in [6, 6.07) is 14.5. The third kappa shape index (κ3) is 4.21. The minimum Gasteiger partial charge on any atom is -0.324 e. The van der Waals surface area contributed by atoms with Crippen LogP contribution in [0, 0.1) is 11.3 Å². The average Bonchev–Trinajstić information content (AvgIpc) is 2.47. The summed E-state index contributed by atoms with van der Waals surface area (Å²) in [5.41, 5.74) is 7.41. The molecule has 0 spiro atoms. The van der Waals surface area contributed by atoms with Crippen molar-refractivity contribution in [1.82, 2.24) is 0 Å². The fourth-order valence-electron chi connectivity index (χ4n) is 1.80. The Morgan fingerprint density at radius 2 is 1.82 bits per heavy atom. The van der Waals surface area contributed by atoms with Gasteiger partial charge in [0.2, 0.25) is 0 Å². The number of benzene rings is 2. The molecule has 116 valence electrons. The number of hydrogen-bond donors (Lipinski definition) is 2. The molecule has 0 radical (unpaired) electrons. The van der Waals surface area contributed by atoms with E-state index in [1.54, 1.807) is 30.3 Å². The molecule has 22 heavy (non-hydrogen) atoms. The third-order valence-corrected chi connectivity index (χ3v) is 4.34. The Bertz CT molecular complexity index is 781. The van der Waals surface area contributed by atoms with Crippen LogP contribution in [-0.2, 0) is 10.0 Å². The van der Waals surface area contributed by atoms with Gasteiger partial charge in [-0.2, -0.15) is 5.26 Å². The topological polar surface area (TPSA) is 96.0 Å². The maximum absolute atomic E-state index is 12.2. The van der Waals surface area contributed by atoms with Crippen LogP contribution < -0.4 is 10.5 Å². The molecule has 2 aromatic carbocycles. The summed E-state index contributed by atoms with van der Waals surface area (Å²) in [7, 11) is -3.71. The van der Waals surface area contributed by atoms with Crippen molar-refractivity contribution in [2.24, 2.45) is 5.73 Å². The lowest BCUT2D eigenvalue weighted by molar-refractivity contribution is 0.601. The largest absolute Gasteiger partial charge is 0.324 e. The van der Waals surface area contributed by atoms with Gasteiger partial charge in [-0.15, -0.1) is 12.4 Å². The highest BCUT2D eigenvalue weighted by molar-refractivity contribution is 7.92. The summed E-state index contributed by atoms with van der Waals surface area (Å²) in [5, 5.41) is 8.82. The van der Waals surface area contributed by atoms with Crippen molar-refractivity contribution >= 4 is 28.1 Å². The lowest BCUT2D eigenvalue weighted by Crippen LogP contribution is -2.13. The molecule has 0 saturated heterocycles. The lowest BCUT2D eigenvalue weighted by atomic mass is 10.1. The first kappa shape index (κ1) is 18.0. The van der Waals surface area contributed by atoms with Crippen LogP contribution in [0.1, 0.15) is 24.1 Å². The van der Waals surface area contributed by atoms with Crippen LogP contribution in [0.15, 0.2) is 53.4 Å². The minimum absolute atomic E-state index is 0. The summed E-state index contributed by atoms with van der Waals surface area (Å²) in [5.74, 6) is 0. The smallest absolute Gasteiger partial charge is 0.261 e.